The van der Waals surface area contributed by atoms with Crippen molar-refractivity contribution < 1.29 is 14.1 Å². The zero-order chi connectivity index (χ0) is 21.3. The van der Waals surface area contributed by atoms with Gasteiger partial charge in [0.15, 0.2) is 5.76 Å². The highest BCUT2D eigenvalue weighted by atomic mass is 16.5. The average Bonchev–Trinajstić information content (AvgIpc) is 3.11. The third-order valence-corrected chi connectivity index (χ3v) is 6.80. The van der Waals surface area contributed by atoms with E-state index in [1.54, 1.807) is 7.11 Å². The lowest BCUT2D eigenvalue weighted by Crippen LogP contribution is -2.43. The summed E-state index contributed by atoms with van der Waals surface area (Å²) >= 11 is 0. The number of hydrogen-bond donors (Lipinski definition) is 0. The summed E-state index contributed by atoms with van der Waals surface area (Å²) in [6, 6.07) is -0.0482. The second-order valence-corrected chi connectivity index (χ2v) is 8.69. The number of carbonyl (C=O) groups is 1. The number of nitrogens with zero attached hydrogens (tertiary/aromatic N) is 4. The fraction of sp³-hybridized carbons (Fsp3) is 0.652. The van der Waals surface area contributed by atoms with E-state index < -0.39 is 0 Å². The van der Waals surface area contributed by atoms with Crippen molar-refractivity contribution in [1.82, 2.24) is 20.0 Å². The molecule has 2 aromatic rings. The van der Waals surface area contributed by atoms with E-state index in [0.29, 0.717) is 17.7 Å². The summed E-state index contributed by atoms with van der Waals surface area (Å²) in [6.45, 7) is 6.62. The molecule has 1 aliphatic heterocycles. The van der Waals surface area contributed by atoms with Crippen LogP contribution in [-0.2, 0) is 9.53 Å². The third-order valence-electron chi connectivity index (χ3n) is 6.80. The predicted molar refractivity (Wildman–Crippen MR) is 113 cm³/mol. The van der Waals surface area contributed by atoms with Gasteiger partial charge in [0.05, 0.1) is 29.1 Å². The van der Waals surface area contributed by atoms with E-state index in [9.17, 15) is 4.79 Å². The average molecular weight is 413 g/mol. The van der Waals surface area contributed by atoms with Gasteiger partial charge in [-0.3, -0.25) is 4.79 Å². The van der Waals surface area contributed by atoms with Gasteiger partial charge in [-0.2, -0.15) is 0 Å². The molecule has 2 aliphatic rings. The van der Waals surface area contributed by atoms with Crippen LogP contribution in [-0.4, -0.2) is 45.7 Å². The van der Waals surface area contributed by atoms with Crippen LogP contribution in [0.25, 0.3) is 11.3 Å². The molecule has 0 N–H and O–H groups in total. The summed E-state index contributed by atoms with van der Waals surface area (Å²) in [5.74, 6) is 1.77. The number of carbonyl (C=O) groups excluding carboxylic acids is 1. The Morgan fingerprint density at radius 1 is 1.13 bits per heavy atom. The first-order valence-electron chi connectivity index (χ1n) is 11.1. The molecule has 7 nitrogen and oxygen atoms in total. The molecule has 1 unspecified atom stereocenters. The molecule has 162 valence electrons. The molecule has 1 atom stereocenters. The fourth-order valence-electron chi connectivity index (χ4n) is 4.84. The molecule has 1 saturated heterocycles. The van der Waals surface area contributed by atoms with Crippen LogP contribution in [0.5, 0.6) is 0 Å². The first kappa shape index (κ1) is 21.0. The lowest BCUT2D eigenvalue weighted by Gasteiger charge is -2.39. The van der Waals surface area contributed by atoms with Crippen LogP contribution in [0.1, 0.15) is 73.8 Å². The molecule has 0 aromatic carbocycles. The van der Waals surface area contributed by atoms with Crippen LogP contribution < -0.4 is 0 Å². The zero-order valence-electron chi connectivity index (χ0n) is 18.5. The number of piperidine rings is 1. The third kappa shape index (κ3) is 4.00. The number of hydrogen-bond acceptors (Lipinski definition) is 6. The molecule has 2 aromatic heterocycles. The number of amides is 1. The number of likely N-dealkylation sites (tertiary alicyclic amines) is 1. The second kappa shape index (κ2) is 8.84. The van der Waals surface area contributed by atoms with Gasteiger partial charge in [0, 0.05) is 31.3 Å². The molecule has 0 spiro atoms. The minimum Gasteiger partial charge on any atom is -0.381 e. The summed E-state index contributed by atoms with van der Waals surface area (Å²) in [7, 11) is 1.76. The zero-order valence-corrected chi connectivity index (χ0v) is 18.5. The quantitative estimate of drug-likeness (QED) is 0.744. The Hall–Kier alpha value is -2.28. The van der Waals surface area contributed by atoms with E-state index in [4.69, 9.17) is 14.2 Å². The van der Waals surface area contributed by atoms with E-state index in [1.807, 2.05) is 27.0 Å². The van der Waals surface area contributed by atoms with Crippen molar-refractivity contribution in [2.24, 2.45) is 5.92 Å². The Bertz CT molecular complexity index is 902. The maximum Gasteiger partial charge on any atom is 0.226 e. The summed E-state index contributed by atoms with van der Waals surface area (Å²) < 4.78 is 11.1. The standard InChI is InChI=1S/C23H32N4O3/c1-14-15(2)26-30-22(14)19-13-24-16(3)25-21(19)20-7-5-6-12-27(20)23(28)17-8-10-18(29-4)11-9-17/h13,17-18,20H,5-12H2,1-4H3. The Balaban J connectivity index is 1.66. The molecule has 0 radical (unpaired) electrons. The number of rotatable bonds is 4. The summed E-state index contributed by atoms with van der Waals surface area (Å²) in [5.41, 5.74) is 3.60. The minimum absolute atomic E-state index is 0.0482. The van der Waals surface area contributed by atoms with E-state index in [-0.39, 0.29) is 17.9 Å². The maximum absolute atomic E-state index is 13.5. The monoisotopic (exact) mass is 412 g/mol. The highest BCUT2D eigenvalue weighted by molar-refractivity contribution is 5.80. The van der Waals surface area contributed by atoms with Gasteiger partial charge in [0.2, 0.25) is 5.91 Å². The van der Waals surface area contributed by atoms with E-state index in [1.165, 1.54) is 0 Å². The number of ether oxygens (including phenoxy) is 1. The van der Waals surface area contributed by atoms with Gasteiger partial charge in [-0.25, -0.2) is 9.97 Å². The maximum atomic E-state index is 13.5. The molecule has 0 bridgehead atoms. The van der Waals surface area contributed by atoms with Crippen molar-refractivity contribution >= 4 is 5.91 Å². The molecule has 1 amide bonds. The van der Waals surface area contributed by atoms with Gasteiger partial charge < -0.3 is 14.2 Å². The molecule has 30 heavy (non-hydrogen) atoms. The van der Waals surface area contributed by atoms with Gasteiger partial charge in [-0.1, -0.05) is 5.16 Å². The second-order valence-electron chi connectivity index (χ2n) is 8.69. The van der Waals surface area contributed by atoms with Gasteiger partial charge >= 0.3 is 0 Å². The van der Waals surface area contributed by atoms with Crippen LogP contribution in [0.15, 0.2) is 10.7 Å². The Labute approximate surface area is 178 Å². The van der Waals surface area contributed by atoms with Gasteiger partial charge in [-0.15, -0.1) is 0 Å². The normalized spacial score (nSPS) is 24.8. The van der Waals surface area contributed by atoms with Crippen molar-refractivity contribution in [3.05, 3.63) is 29.0 Å². The predicted octanol–water partition coefficient (Wildman–Crippen LogP) is 4.32. The highest BCUT2D eigenvalue weighted by Gasteiger charge is 2.36. The number of methoxy groups -OCH3 is 1. The van der Waals surface area contributed by atoms with Crippen molar-refractivity contribution in [2.75, 3.05) is 13.7 Å². The molecule has 7 heteroatoms. The topological polar surface area (TPSA) is 81.4 Å². The molecule has 3 heterocycles. The smallest absolute Gasteiger partial charge is 0.226 e. The van der Waals surface area contributed by atoms with Crippen molar-refractivity contribution in [3.63, 3.8) is 0 Å². The van der Waals surface area contributed by atoms with Crippen LogP contribution in [0.2, 0.25) is 0 Å². The minimum atomic E-state index is -0.0482. The van der Waals surface area contributed by atoms with Crippen molar-refractivity contribution in [1.29, 1.82) is 0 Å². The Kier molecular flexibility index (Phi) is 6.18. The Morgan fingerprint density at radius 3 is 2.57 bits per heavy atom. The lowest BCUT2D eigenvalue weighted by molar-refractivity contribution is -0.141. The largest absolute Gasteiger partial charge is 0.381 e. The molecule has 1 aliphatic carbocycles. The molecule has 2 fully saturated rings. The Morgan fingerprint density at radius 2 is 1.90 bits per heavy atom. The van der Waals surface area contributed by atoms with Crippen molar-refractivity contribution in [2.45, 2.75) is 77.9 Å². The number of aryl methyl sites for hydroxylation is 2. The van der Waals surface area contributed by atoms with Gasteiger partial charge in [-0.05, 0) is 65.7 Å². The summed E-state index contributed by atoms with van der Waals surface area (Å²) in [5, 5.41) is 4.12. The van der Waals surface area contributed by atoms with Gasteiger partial charge in [0.25, 0.3) is 0 Å². The first-order valence-corrected chi connectivity index (χ1v) is 11.1. The van der Waals surface area contributed by atoms with Crippen LogP contribution in [0, 0.1) is 26.7 Å². The highest BCUT2D eigenvalue weighted by Crippen LogP contribution is 2.39. The first-order chi connectivity index (χ1) is 14.5. The summed E-state index contributed by atoms with van der Waals surface area (Å²) in [4.78, 5) is 24.9. The van der Waals surface area contributed by atoms with Crippen LogP contribution in [0.4, 0.5) is 0 Å². The van der Waals surface area contributed by atoms with E-state index in [2.05, 4.69) is 15.0 Å². The van der Waals surface area contributed by atoms with Crippen molar-refractivity contribution in [3.8, 4) is 11.3 Å². The van der Waals surface area contributed by atoms with E-state index >= 15 is 0 Å². The van der Waals surface area contributed by atoms with Crippen LogP contribution in [0.3, 0.4) is 0 Å². The van der Waals surface area contributed by atoms with E-state index in [0.717, 1.165) is 74.0 Å². The number of aromatic nitrogens is 3. The van der Waals surface area contributed by atoms with Crippen LogP contribution >= 0.6 is 0 Å². The lowest BCUT2D eigenvalue weighted by atomic mass is 9.85. The summed E-state index contributed by atoms with van der Waals surface area (Å²) in [6.07, 6.45) is 8.87. The fourth-order valence-corrected chi connectivity index (χ4v) is 4.84. The molecular weight excluding hydrogens is 380 g/mol. The molecule has 4 rings (SSSR count). The molecule has 1 saturated carbocycles. The molecular formula is C23H32N4O3. The van der Waals surface area contributed by atoms with Gasteiger partial charge in [0.1, 0.15) is 5.82 Å². The SMILES string of the molecule is COC1CCC(C(=O)N2CCCCC2c2nc(C)ncc2-c2onc(C)c2C)CC1.